The van der Waals surface area contributed by atoms with Crippen molar-refractivity contribution >= 4 is 43.1 Å². The van der Waals surface area contributed by atoms with E-state index < -0.39 is 0 Å². The SMILES string of the molecule is COc1c(-c2ccccc2)c(-c2ccccc2)c2c(c1-c1ccccc1)-c1ccc(-c3c4ccccc4c(-c4ccc5c6c(cccc46)-c4c(-c6ccccc6)c(-c6ccccc6)c(OC)c(C6C=CC=CC6C)c4-5)c4ccccc34)c3cccc-2c13. The molecule has 3 aliphatic carbocycles. The molecule has 0 fully saturated rings. The molecule has 2 nitrogen and oxygen atoms in total. The molecule has 0 saturated carbocycles. The molecule has 0 amide bonds. The quantitative estimate of drug-likeness (QED) is 0.127. The molecule has 0 heterocycles. The molecule has 2 heteroatoms. The fraction of sp³-hybridized carbons (Fsp3) is 0.0588. The van der Waals surface area contributed by atoms with Crippen LogP contribution in [0.5, 0.6) is 11.5 Å². The van der Waals surface area contributed by atoms with Crippen LogP contribution in [0.4, 0.5) is 0 Å². The van der Waals surface area contributed by atoms with Gasteiger partial charge in [-0.05, 0) is 138 Å². The number of methoxy groups -OCH3 is 2. The summed E-state index contributed by atoms with van der Waals surface area (Å²) in [6.07, 6.45) is 9.14. The van der Waals surface area contributed by atoms with E-state index in [2.05, 4.69) is 292 Å². The number of benzene rings is 14. The van der Waals surface area contributed by atoms with Crippen molar-refractivity contribution in [3.05, 3.63) is 291 Å². The van der Waals surface area contributed by atoms with Crippen LogP contribution in [0.3, 0.4) is 0 Å². The maximum atomic E-state index is 6.83. The van der Waals surface area contributed by atoms with Crippen LogP contribution < -0.4 is 9.47 Å². The highest BCUT2D eigenvalue weighted by atomic mass is 16.5. The van der Waals surface area contributed by atoms with Crippen LogP contribution in [0.2, 0.25) is 0 Å². The van der Waals surface area contributed by atoms with Gasteiger partial charge in [0.25, 0.3) is 0 Å². The summed E-state index contributed by atoms with van der Waals surface area (Å²) in [7, 11) is 3.70. The minimum atomic E-state index is 0.0851. The Morgan fingerprint density at radius 1 is 0.241 bits per heavy atom. The summed E-state index contributed by atoms with van der Waals surface area (Å²) >= 11 is 0. The zero-order chi connectivity index (χ0) is 57.9. The smallest absolute Gasteiger partial charge is 0.135 e. The molecular formula is C85H58O2. The molecule has 0 radical (unpaired) electrons. The van der Waals surface area contributed by atoms with Crippen molar-refractivity contribution in [3.63, 3.8) is 0 Å². The Morgan fingerprint density at radius 3 is 0.966 bits per heavy atom. The standard InChI is InChI=1S/C85H58O2/c1-51-27-19-20-38-57(51)83-82-69-50-48-65(63-44-26-46-67(78(63)69)80(82)71(53-30-11-5-12-31-53)73(85(83)87-3)55-34-15-7-16-35-55)76-60-41-23-21-39-58(60)75(59-40-22-24-42-61(59)76)64-47-49-68-77-62(64)43-25-45-66(77)79-70(52-28-9-4-10-29-52)72(54-32-13-6-14-33-54)84(86-2)74(81(68)79)56-36-17-8-18-37-56/h4-51,57H,1-3H3. The minimum absolute atomic E-state index is 0.0851. The summed E-state index contributed by atoms with van der Waals surface area (Å²) in [5.74, 6) is 2.14. The van der Waals surface area contributed by atoms with E-state index in [1.807, 2.05) is 14.2 Å². The van der Waals surface area contributed by atoms with Crippen LogP contribution in [0.25, 0.3) is 165 Å². The van der Waals surface area contributed by atoms with Crippen molar-refractivity contribution in [1.29, 1.82) is 0 Å². The minimum Gasteiger partial charge on any atom is -0.496 e. The molecule has 0 bridgehead atoms. The van der Waals surface area contributed by atoms with Gasteiger partial charge in [0.15, 0.2) is 0 Å². The summed E-state index contributed by atoms with van der Waals surface area (Å²) in [5, 5.41) is 9.86. The van der Waals surface area contributed by atoms with E-state index in [1.165, 1.54) is 132 Å². The monoisotopic (exact) mass is 1110 g/mol. The zero-order valence-electron chi connectivity index (χ0n) is 48.6. The van der Waals surface area contributed by atoms with Crippen LogP contribution >= 0.6 is 0 Å². The average molecular weight is 1110 g/mol. The summed E-state index contributed by atoms with van der Waals surface area (Å²) in [6, 6.07) is 96.5. The lowest BCUT2D eigenvalue weighted by molar-refractivity contribution is 0.407. The van der Waals surface area contributed by atoms with Gasteiger partial charge in [0.05, 0.1) is 14.2 Å². The molecule has 0 aromatic heterocycles. The maximum absolute atomic E-state index is 6.83. The van der Waals surface area contributed by atoms with Crippen molar-refractivity contribution in [2.75, 3.05) is 14.2 Å². The van der Waals surface area contributed by atoms with Gasteiger partial charge < -0.3 is 9.47 Å². The first kappa shape index (κ1) is 50.7. The highest BCUT2D eigenvalue weighted by Crippen LogP contribution is 2.64. The topological polar surface area (TPSA) is 18.5 Å². The number of rotatable bonds is 10. The van der Waals surface area contributed by atoms with Crippen molar-refractivity contribution in [2.24, 2.45) is 5.92 Å². The molecule has 14 aromatic carbocycles. The second-order valence-electron chi connectivity index (χ2n) is 23.5. The summed E-state index contributed by atoms with van der Waals surface area (Å²) in [6.45, 7) is 2.34. The molecular weight excluding hydrogens is 1050 g/mol. The Labute approximate surface area is 507 Å². The van der Waals surface area contributed by atoms with Crippen LogP contribution in [-0.2, 0) is 0 Å². The second kappa shape index (κ2) is 20.2. The molecule has 0 spiro atoms. The zero-order valence-corrected chi connectivity index (χ0v) is 48.6. The molecule has 87 heavy (non-hydrogen) atoms. The maximum Gasteiger partial charge on any atom is 0.135 e. The predicted octanol–water partition coefficient (Wildman–Crippen LogP) is 23.1. The normalized spacial score (nSPS) is 14.3. The highest BCUT2D eigenvalue weighted by Gasteiger charge is 2.39. The van der Waals surface area contributed by atoms with E-state index in [9.17, 15) is 0 Å². The second-order valence-corrected chi connectivity index (χ2v) is 23.5. The van der Waals surface area contributed by atoms with Crippen LogP contribution in [-0.4, -0.2) is 14.2 Å². The summed E-state index contributed by atoms with van der Waals surface area (Å²) in [4.78, 5) is 0. The Bertz CT molecular complexity index is 5160. The van der Waals surface area contributed by atoms with Gasteiger partial charge in [-0.1, -0.05) is 292 Å². The number of hydrogen-bond donors (Lipinski definition) is 0. The molecule has 0 N–H and O–H groups in total. The molecule has 410 valence electrons. The van der Waals surface area contributed by atoms with Gasteiger partial charge >= 0.3 is 0 Å². The van der Waals surface area contributed by atoms with Gasteiger partial charge in [0, 0.05) is 44.9 Å². The third-order valence-corrected chi connectivity index (χ3v) is 19.0. The Balaban J connectivity index is 0.932. The third-order valence-electron chi connectivity index (χ3n) is 19.0. The average Bonchev–Trinajstić information content (AvgIpc) is 1.60. The molecule has 14 aromatic rings. The van der Waals surface area contributed by atoms with E-state index in [0.717, 1.165) is 50.4 Å². The van der Waals surface area contributed by atoms with Crippen molar-refractivity contribution < 1.29 is 9.47 Å². The van der Waals surface area contributed by atoms with Gasteiger partial charge in [-0.2, -0.15) is 0 Å². The number of allylic oxidation sites excluding steroid dienone is 4. The number of fused-ring (bicyclic) bond motifs is 8. The molecule has 2 unspecified atom stereocenters. The lowest BCUT2D eigenvalue weighted by Gasteiger charge is -2.30. The van der Waals surface area contributed by atoms with Gasteiger partial charge in [-0.15, -0.1) is 0 Å². The summed E-state index contributed by atoms with van der Waals surface area (Å²) in [5.41, 5.74) is 27.4. The number of hydrogen-bond acceptors (Lipinski definition) is 2. The van der Waals surface area contributed by atoms with Gasteiger partial charge in [-0.25, -0.2) is 0 Å². The van der Waals surface area contributed by atoms with E-state index in [1.54, 1.807) is 0 Å². The molecule has 3 aliphatic rings. The van der Waals surface area contributed by atoms with Gasteiger partial charge in [0.1, 0.15) is 11.5 Å². The fourth-order valence-corrected chi connectivity index (χ4v) is 15.6. The summed E-state index contributed by atoms with van der Waals surface area (Å²) < 4.78 is 13.6. The largest absolute Gasteiger partial charge is 0.496 e. The predicted molar refractivity (Wildman–Crippen MR) is 367 cm³/mol. The van der Waals surface area contributed by atoms with E-state index in [4.69, 9.17) is 9.47 Å². The van der Waals surface area contributed by atoms with Crippen LogP contribution in [0, 0.1) is 5.92 Å². The Hall–Kier alpha value is -10.8. The van der Waals surface area contributed by atoms with Crippen molar-refractivity contribution in [3.8, 4) is 134 Å². The van der Waals surface area contributed by atoms with E-state index >= 15 is 0 Å². The third kappa shape index (κ3) is 7.47. The van der Waals surface area contributed by atoms with E-state index in [-0.39, 0.29) is 11.8 Å². The molecule has 17 rings (SSSR count). The Morgan fingerprint density at radius 2 is 0.552 bits per heavy atom. The first-order valence-corrected chi connectivity index (χ1v) is 30.4. The number of ether oxygens (including phenoxy) is 2. The Kier molecular flexibility index (Phi) is 11.8. The highest BCUT2D eigenvalue weighted by molar-refractivity contribution is 6.32. The van der Waals surface area contributed by atoms with E-state index in [0.29, 0.717) is 0 Å². The first-order chi connectivity index (χ1) is 43.1. The van der Waals surface area contributed by atoms with Crippen LogP contribution in [0.15, 0.2) is 285 Å². The fourth-order valence-electron chi connectivity index (χ4n) is 15.6. The van der Waals surface area contributed by atoms with Gasteiger partial charge in [0.2, 0.25) is 0 Å². The first-order valence-electron chi connectivity index (χ1n) is 30.4. The molecule has 0 saturated heterocycles. The lowest BCUT2D eigenvalue weighted by Crippen LogP contribution is -2.12. The van der Waals surface area contributed by atoms with Gasteiger partial charge in [-0.3, -0.25) is 0 Å². The van der Waals surface area contributed by atoms with Crippen molar-refractivity contribution in [2.45, 2.75) is 12.8 Å². The van der Waals surface area contributed by atoms with Crippen LogP contribution in [0.1, 0.15) is 18.4 Å². The van der Waals surface area contributed by atoms with Crippen molar-refractivity contribution in [1.82, 2.24) is 0 Å². The molecule has 2 atom stereocenters. The lowest BCUT2D eigenvalue weighted by atomic mass is 9.75. The molecule has 0 aliphatic heterocycles.